The zero-order chi connectivity index (χ0) is 19.2. The molecule has 3 heterocycles. The Bertz CT molecular complexity index is 746. The number of hydrogen-bond donors (Lipinski definition) is 0. The summed E-state index contributed by atoms with van der Waals surface area (Å²) in [5, 5.41) is 11.1. The van der Waals surface area contributed by atoms with E-state index >= 15 is 0 Å². The number of carbonyl (C=O) groups is 1. The van der Waals surface area contributed by atoms with Gasteiger partial charge in [0.25, 0.3) is 0 Å². The van der Waals surface area contributed by atoms with E-state index < -0.39 is 0 Å². The van der Waals surface area contributed by atoms with Crippen LogP contribution in [0.4, 0.5) is 0 Å². The molecule has 150 valence electrons. The summed E-state index contributed by atoms with van der Waals surface area (Å²) in [5.41, 5.74) is 1.66. The van der Waals surface area contributed by atoms with E-state index in [0.29, 0.717) is 13.0 Å². The van der Waals surface area contributed by atoms with Gasteiger partial charge >= 0.3 is 0 Å². The monoisotopic (exact) mass is 382 g/mol. The molecule has 0 bridgehead atoms. The van der Waals surface area contributed by atoms with Gasteiger partial charge < -0.3 is 4.90 Å². The highest BCUT2D eigenvalue weighted by atomic mass is 16.2. The fourth-order valence-electron chi connectivity index (χ4n) is 4.87. The van der Waals surface area contributed by atoms with Crippen LogP contribution in [0.15, 0.2) is 36.7 Å². The molecule has 1 spiro atoms. The predicted molar refractivity (Wildman–Crippen MR) is 106 cm³/mol. The van der Waals surface area contributed by atoms with Gasteiger partial charge in [0.05, 0.1) is 0 Å². The van der Waals surface area contributed by atoms with Crippen LogP contribution in [-0.4, -0.2) is 62.1 Å². The smallest absolute Gasteiger partial charge is 0.222 e. The van der Waals surface area contributed by atoms with Gasteiger partial charge in [0.1, 0.15) is 6.33 Å². The number of hydrogen-bond acceptors (Lipinski definition) is 5. The number of aryl methyl sites for hydroxylation is 1. The van der Waals surface area contributed by atoms with Crippen LogP contribution in [0.5, 0.6) is 0 Å². The quantitative estimate of drug-likeness (QED) is 0.767. The van der Waals surface area contributed by atoms with Gasteiger partial charge in [-0.05, 0) is 54.6 Å². The van der Waals surface area contributed by atoms with Gasteiger partial charge in [0.15, 0.2) is 0 Å². The third kappa shape index (κ3) is 4.76. The van der Waals surface area contributed by atoms with Crippen LogP contribution >= 0.6 is 0 Å². The van der Waals surface area contributed by atoms with E-state index in [1.807, 2.05) is 0 Å². The van der Waals surface area contributed by atoms with Crippen molar-refractivity contribution in [2.75, 3.05) is 26.2 Å². The van der Waals surface area contributed by atoms with Crippen molar-refractivity contribution in [1.29, 1.82) is 0 Å². The van der Waals surface area contributed by atoms with Gasteiger partial charge in [-0.2, -0.15) is 0 Å². The lowest BCUT2D eigenvalue weighted by molar-refractivity contribution is -0.136. The first-order valence-electron chi connectivity index (χ1n) is 10.5. The molecule has 4 rings (SSSR count). The number of piperidine rings is 2. The maximum Gasteiger partial charge on any atom is 0.222 e. The number of rotatable bonds is 6. The minimum atomic E-state index is 0.275. The number of likely N-dealkylation sites (tertiary alicyclic amines) is 2. The zero-order valence-electron chi connectivity index (χ0n) is 16.5. The van der Waals surface area contributed by atoms with Crippen molar-refractivity contribution in [3.05, 3.63) is 42.2 Å². The van der Waals surface area contributed by atoms with Gasteiger partial charge in [-0.1, -0.05) is 30.3 Å². The van der Waals surface area contributed by atoms with Crippen molar-refractivity contribution >= 4 is 5.91 Å². The van der Waals surface area contributed by atoms with Gasteiger partial charge in [-0.25, -0.2) is 4.68 Å². The van der Waals surface area contributed by atoms with E-state index in [1.165, 1.54) is 24.8 Å². The first-order chi connectivity index (χ1) is 13.7. The molecule has 1 aromatic heterocycles. The first kappa shape index (κ1) is 19.1. The van der Waals surface area contributed by atoms with Crippen LogP contribution in [-0.2, 0) is 17.9 Å². The molecule has 2 aliphatic rings. The van der Waals surface area contributed by atoms with Crippen molar-refractivity contribution in [2.45, 2.75) is 51.6 Å². The number of benzene rings is 1. The molecule has 1 unspecified atom stereocenters. The standard InChI is InChI=1S/C21H30N6O/c28-20(9-4-14-27-18-22-23-24-27)26-13-6-11-21(17-26)10-5-12-25(16-21)15-19-7-2-1-3-8-19/h1-3,7-8,18H,4-6,9-17H2. The molecule has 1 aromatic carbocycles. The Hall–Kier alpha value is -2.28. The summed E-state index contributed by atoms with van der Waals surface area (Å²) in [7, 11) is 0. The number of tetrazole rings is 1. The third-order valence-electron chi connectivity index (χ3n) is 6.17. The molecule has 7 heteroatoms. The molecular formula is C21H30N6O. The second-order valence-electron chi connectivity index (χ2n) is 8.40. The van der Waals surface area contributed by atoms with E-state index in [4.69, 9.17) is 0 Å². The summed E-state index contributed by atoms with van der Waals surface area (Å²) in [5.74, 6) is 0.285. The highest BCUT2D eigenvalue weighted by Gasteiger charge is 2.40. The number of nitrogens with zero attached hydrogens (tertiary/aromatic N) is 6. The summed E-state index contributed by atoms with van der Waals surface area (Å²) < 4.78 is 1.69. The van der Waals surface area contributed by atoms with Crippen LogP contribution < -0.4 is 0 Å². The molecular weight excluding hydrogens is 352 g/mol. The Balaban J connectivity index is 1.30. The average Bonchev–Trinajstić information content (AvgIpc) is 3.22. The second kappa shape index (κ2) is 8.82. The number of carbonyl (C=O) groups excluding carboxylic acids is 1. The molecule has 2 aliphatic heterocycles. The Morgan fingerprint density at radius 3 is 2.68 bits per heavy atom. The summed E-state index contributed by atoms with van der Waals surface area (Å²) in [4.78, 5) is 17.5. The maximum atomic E-state index is 12.8. The molecule has 1 amide bonds. The van der Waals surface area contributed by atoms with Crippen molar-refractivity contribution in [3.63, 3.8) is 0 Å². The van der Waals surface area contributed by atoms with Crippen LogP contribution in [0, 0.1) is 5.41 Å². The molecule has 0 aliphatic carbocycles. The van der Waals surface area contributed by atoms with Gasteiger partial charge in [0.2, 0.25) is 5.91 Å². The van der Waals surface area contributed by atoms with Crippen molar-refractivity contribution in [1.82, 2.24) is 30.0 Å². The van der Waals surface area contributed by atoms with E-state index in [-0.39, 0.29) is 11.3 Å². The largest absolute Gasteiger partial charge is 0.342 e. The highest BCUT2D eigenvalue weighted by molar-refractivity contribution is 5.76. The molecule has 1 atom stereocenters. The van der Waals surface area contributed by atoms with Gasteiger partial charge in [0, 0.05) is 44.6 Å². The number of amides is 1. The summed E-state index contributed by atoms with van der Waals surface area (Å²) in [6, 6.07) is 10.7. The third-order valence-corrected chi connectivity index (χ3v) is 6.17. The average molecular weight is 383 g/mol. The lowest BCUT2D eigenvalue weighted by Gasteiger charge is -2.48. The molecule has 2 fully saturated rings. The zero-order valence-corrected chi connectivity index (χ0v) is 16.5. The van der Waals surface area contributed by atoms with Crippen molar-refractivity contribution in [3.8, 4) is 0 Å². The Labute approximate surface area is 166 Å². The van der Waals surface area contributed by atoms with Crippen LogP contribution in [0.2, 0.25) is 0 Å². The minimum absolute atomic E-state index is 0.275. The van der Waals surface area contributed by atoms with Gasteiger partial charge in [-0.3, -0.25) is 9.69 Å². The normalized spacial score (nSPS) is 23.2. The van der Waals surface area contributed by atoms with Crippen LogP contribution in [0.3, 0.4) is 0 Å². The van der Waals surface area contributed by atoms with Crippen molar-refractivity contribution < 1.29 is 4.79 Å². The predicted octanol–water partition coefficient (Wildman–Crippen LogP) is 2.36. The van der Waals surface area contributed by atoms with Gasteiger partial charge in [-0.15, -0.1) is 5.10 Å². The lowest BCUT2D eigenvalue weighted by atomic mass is 9.73. The molecule has 28 heavy (non-hydrogen) atoms. The van der Waals surface area contributed by atoms with E-state index in [0.717, 1.165) is 45.6 Å². The summed E-state index contributed by atoms with van der Waals surface area (Å²) in [6.07, 6.45) is 7.80. The van der Waals surface area contributed by atoms with Crippen LogP contribution in [0.1, 0.15) is 44.1 Å². The first-order valence-corrected chi connectivity index (χ1v) is 10.5. The van der Waals surface area contributed by atoms with Crippen LogP contribution in [0.25, 0.3) is 0 Å². The van der Waals surface area contributed by atoms with Crippen molar-refractivity contribution in [2.24, 2.45) is 5.41 Å². The number of aromatic nitrogens is 4. The van der Waals surface area contributed by atoms with E-state index in [9.17, 15) is 4.79 Å². The molecule has 7 nitrogen and oxygen atoms in total. The molecule has 2 saturated heterocycles. The highest BCUT2D eigenvalue weighted by Crippen LogP contribution is 2.39. The van der Waals surface area contributed by atoms with E-state index in [2.05, 4.69) is 55.7 Å². The molecule has 0 radical (unpaired) electrons. The minimum Gasteiger partial charge on any atom is -0.342 e. The SMILES string of the molecule is O=C(CCCn1cnnn1)N1CCCC2(CCCN(Cc3ccccc3)C2)C1. The fourth-order valence-corrected chi connectivity index (χ4v) is 4.87. The van der Waals surface area contributed by atoms with E-state index in [1.54, 1.807) is 11.0 Å². The Morgan fingerprint density at radius 2 is 1.89 bits per heavy atom. The molecule has 0 saturated carbocycles. The Kier molecular flexibility index (Phi) is 6.00. The summed E-state index contributed by atoms with van der Waals surface area (Å²) in [6.45, 7) is 5.81. The Morgan fingerprint density at radius 1 is 1.07 bits per heavy atom. The second-order valence-corrected chi connectivity index (χ2v) is 8.40. The maximum absolute atomic E-state index is 12.8. The molecule has 0 N–H and O–H groups in total. The topological polar surface area (TPSA) is 67.2 Å². The molecule has 2 aromatic rings. The lowest BCUT2D eigenvalue weighted by Crippen LogP contribution is -2.53. The summed E-state index contributed by atoms with van der Waals surface area (Å²) >= 11 is 0. The fraction of sp³-hybridized carbons (Fsp3) is 0.619.